The van der Waals surface area contributed by atoms with Crippen molar-refractivity contribution in [2.45, 2.75) is 25.3 Å². The third kappa shape index (κ3) is 4.87. The van der Waals surface area contributed by atoms with E-state index in [0.29, 0.717) is 22.1 Å². The molecular formula is C28H25N3O4S2. The van der Waals surface area contributed by atoms with Gasteiger partial charge in [-0.2, -0.15) is 0 Å². The predicted molar refractivity (Wildman–Crippen MR) is 147 cm³/mol. The summed E-state index contributed by atoms with van der Waals surface area (Å²) < 4.78 is 34.5. The minimum atomic E-state index is -3.80. The van der Waals surface area contributed by atoms with Crippen LogP contribution < -0.4 is 9.21 Å². The molecule has 188 valence electrons. The van der Waals surface area contributed by atoms with Gasteiger partial charge in [-0.3, -0.25) is 14.0 Å². The van der Waals surface area contributed by atoms with Gasteiger partial charge < -0.3 is 4.42 Å². The molecule has 2 heterocycles. The molecule has 0 atom stereocenters. The Morgan fingerprint density at radius 1 is 0.946 bits per heavy atom. The second-order valence-corrected chi connectivity index (χ2v) is 11.3. The fourth-order valence-corrected chi connectivity index (χ4v) is 6.63. The Morgan fingerprint density at radius 3 is 2.35 bits per heavy atom. The lowest BCUT2D eigenvalue weighted by atomic mass is 10.2. The summed E-state index contributed by atoms with van der Waals surface area (Å²) in [5, 5.41) is 0.545. The number of aryl methyl sites for hydroxylation is 1. The molecular weight excluding hydrogens is 506 g/mol. The molecule has 0 unspecified atom stereocenters. The summed E-state index contributed by atoms with van der Waals surface area (Å²) in [5.41, 5.74) is 2.81. The van der Waals surface area contributed by atoms with Gasteiger partial charge in [-0.1, -0.05) is 41.7 Å². The molecule has 2 aromatic heterocycles. The molecule has 0 aliphatic rings. The Hall–Kier alpha value is -3.95. The molecule has 0 radical (unpaired) electrons. The summed E-state index contributed by atoms with van der Waals surface area (Å²) in [5.74, 6) is 0.317. The lowest BCUT2D eigenvalue weighted by molar-refractivity contribution is 0.0983. The molecule has 0 bridgehead atoms. The first-order valence-electron chi connectivity index (χ1n) is 11.8. The van der Waals surface area contributed by atoms with E-state index < -0.39 is 10.0 Å². The monoisotopic (exact) mass is 531 g/mol. The number of hydrogen-bond donors (Lipinski definition) is 0. The van der Waals surface area contributed by atoms with Crippen molar-refractivity contribution >= 4 is 48.3 Å². The molecule has 0 N–H and O–H groups in total. The zero-order chi connectivity index (χ0) is 26.0. The maximum Gasteiger partial charge on any atom is 0.264 e. The van der Waals surface area contributed by atoms with E-state index in [2.05, 4.69) is 0 Å². The zero-order valence-electron chi connectivity index (χ0n) is 20.4. The van der Waals surface area contributed by atoms with Crippen molar-refractivity contribution in [3.8, 4) is 0 Å². The van der Waals surface area contributed by atoms with E-state index in [1.165, 1.54) is 27.8 Å². The van der Waals surface area contributed by atoms with Crippen molar-refractivity contribution in [3.05, 3.63) is 108 Å². The molecule has 0 aliphatic carbocycles. The molecule has 5 rings (SSSR count). The van der Waals surface area contributed by atoms with Gasteiger partial charge in [-0.15, -0.1) is 0 Å². The SMILES string of the molecule is CCN(c1ccccc1)S(=O)(=O)c1ccc(C(=O)N(Cc2ccco2)c2nc3c(C)cccc3s2)cc1. The number of aromatic nitrogens is 1. The number of fused-ring (bicyclic) bond motifs is 1. The third-order valence-corrected chi connectivity index (χ3v) is 8.96. The molecule has 0 spiro atoms. The molecule has 9 heteroatoms. The fraction of sp³-hybridized carbons (Fsp3) is 0.143. The highest BCUT2D eigenvalue weighted by atomic mass is 32.2. The van der Waals surface area contributed by atoms with E-state index in [1.54, 1.807) is 66.6 Å². The highest BCUT2D eigenvalue weighted by Gasteiger charge is 2.26. The van der Waals surface area contributed by atoms with Crippen molar-refractivity contribution < 1.29 is 17.6 Å². The first-order chi connectivity index (χ1) is 17.9. The molecule has 0 fully saturated rings. The number of carbonyl (C=O) groups is 1. The number of benzene rings is 3. The van der Waals surface area contributed by atoms with Crippen molar-refractivity contribution in [2.24, 2.45) is 0 Å². The summed E-state index contributed by atoms with van der Waals surface area (Å²) in [6.45, 7) is 4.25. The topological polar surface area (TPSA) is 83.7 Å². The van der Waals surface area contributed by atoms with Crippen molar-refractivity contribution in [2.75, 3.05) is 15.7 Å². The number of furan rings is 1. The molecule has 0 aliphatic heterocycles. The van der Waals surface area contributed by atoms with Crippen LogP contribution in [0.3, 0.4) is 0 Å². The molecule has 3 aromatic carbocycles. The first kappa shape index (κ1) is 24.7. The van der Waals surface area contributed by atoms with Crippen LogP contribution in [0.5, 0.6) is 0 Å². The highest BCUT2D eigenvalue weighted by Crippen LogP contribution is 2.32. The van der Waals surface area contributed by atoms with Crippen LogP contribution in [0.2, 0.25) is 0 Å². The van der Waals surface area contributed by atoms with Gasteiger partial charge in [0.1, 0.15) is 5.76 Å². The van der Waals surface area contributed by atoms with Gasteiger partial charge in [0.2, 0.25) is 0 Å². The van der Waals surface area contributed by atoms with E-state index in [0.717, 1.165) is 15.8 Å². The maximum atomic E-state index is 13.7. The quantitative estimate of drug-likeness (QED) is 0.236. The van der Waals surface area contributed by atoms with Crippen LogP contribution in [0, 0.1) is 6.92 Å². The summed E-state index contributed by atoms with van der Waals surface area (Å²) in [6.07, 6.45) is 1.56. The number of amides is 1. The number of nitrogens with zero attached hydrogens (tertiary/aromatic N) is 3. The predicted octanol–water partition coefficient (Wildman–Crippen LogP) is 6.26. The molecule has 37 heavy (non-hydrogen) atoms. The molecule has 0 saturated heterocycles. The number of hydrogen-bond acceptors (Lipinski definition) is 6. The van der Waals surface area contributed by atoms with Crippen LogP contribution in [0.1, 0.15) is 28.6 Å². The van der Waals surface area contributed by atoms with Gasteiger partial charge in [-0.05, 0) is 74.0 Å². The van der Waals surface area contributed by atoms with Crippen LogP contribution in [0.15, 0.2) is 101 Å². The minimum absolute atomic E-state index is 0.114. The van der Waals surface area contributed by atoms with Crippen molar-refractivity contribution in [3.63, 3.8) is 0 Å². The molecule has 5 aromatic rings. The number of carbonyl (C=O) groups excluding carboxylic acids is 1. The number of para-hydroxylation sites is 2. The van der Waals surface area contributed by atoms with Gasteiger partial charge in [0.05, 0.1) is 33.6 Å². The minimum Gasteiger partial charge on any atom is -0.467 e. The van der Waals surface area contributed by atoms with Crippen LogP contribution in [0.25, 0.3) is 10.2 Å². The van der Waals surface area contributed by atoms with Gasteiger partial charge in [-0.25, -0.2) is 13.4 Å². The Morgan fingerprint density at radius 2 is 1.70 bits per heavy atom. The number of thiazole rings is 1. The van der Waals surface area contributed by atoms with Gasteiger partial charge in [0.15, 0.2) is 5.13 Å². The number of rotatable bonds is 8. The molecule has 1 amide bonds. The Kier molecular flexibility index (Phi) is 6.82. The van der Waals surface area contributed by atoms with Crippen molar-refractivity contribution in [1.29, 1.82) is 0 Å². The summed E-state index contributed by atoms with van der Waals surface area (Å²) in [6, 6.07) is 24.5. The summed E-state index contributed by atoms with van der Waals surface area (Å²) in [4.78, 5) is 20.1. The average Bonchev–Trinajstić information content (AvgIpc) is 3.58. The molecule has 7 nitrogen and oxygen atoms in total. The van der Waals surface area contributed by atoms with Crippen LogP contribution in [-0.2, 0) is 16.6 Å². The van der Waals surface area contributed by atoms with Gasteiger partial charge in [0, 0.05) is 12.1 Å². The third-order valence-electron chi connectivity index (χ3n) is 6.00. The average molecular weight is 532 g/mol. The Labute approximate surface area is 219 Å². The zero-order valence-corrected chi connectivity index (χ0v) is 22.0. The van der Waals surface area contributed by atoms with Gasteiger partial charge in [0.25, 0.3) is 15.9 Å². The standard InChI is InChI=1S/C28H25N3O4S2/c1-3-31(22-10-5-4-6-11-22)37(33,34)24-16-14-21(15-17-24)27(32)30(19-23-12-8-18-35-23)28-29-26-20(2)9-7-13-25(26)36-28/h4-18H,3,19H2,1-2H3. The smallest absolute Gasteiger partial charge is 0.264 e. The number of sulfonamides is 1. The van der Waals surface area contributed by atoms with Gasteiger partial charge >= 0.3 is 0 Å². The first-order valence-corrected chi connectivity index (χ1v) is 14.0. The highest BCUT2D eigenvalue weighted by molar-refractivity contribution is 7.92. The second-order valence-electron chi connectivity index (χ2n) is 8.42. The van der Waals surface area contributed by atoms with Crippen LogP contribution in [-0.4, -0.2) is 25.9 Å². The van der Waals surface area contributed by atoms with E-state index in [-0.39, 0.29) is 23.9 Å². The Balaban J connectivity index is 1.48. The van der Waals surface area contributed by atoms with Crippen LogP contribution >= 0.6 is 11.3 Å². The second kappa shape index (κ2) is 10.2. The van der Waals surface area contributed by atoms with E-state index >= 15 is 0 Å². The molecule has 0 saturated carbocycles. The van der Waals surface area contributed by atoms with Crippen molar-refractivity contribution in [1.82, 2.24) is 4.98 Å². The maximum absolute atomic E-state index is 13.7. The fourth-order valence-electron chi connectivity index (χ4n) is 4.11. The Bertz CT molecular complexity index is 1630. The summed E-state index contributed by atoms with van der Waals surface area (Å²) in [7, 11) is -3.80. The normalized spacial score (nSPS) is 11.5. The largest absolute Gasteiger partial charge is 0.467 e. The lowest BCUT2D eigenvalue weighted by Gasteiger charge is -2.23. The van der Waals surface area contributed by atoms with E-state index in [9.17, 15) is 13.2 Å². The van der Waals surface area contributed by atoms with E-state index in [1.807, 2.05) is 31.2 Å². The van der Waals surface area contributed by atoms with Crippen LogP contribution in [0.4, 0.5) is 10.8 Å². The number of anilines is 2. The summed E-state index contributed by atoms with van der Waals surface area (Å²) >= 11 is 1.43. The lowest BCUT2D eigenvalue weighted by Crippen LogP contribution is -2.31. The van der Waals surface area contributed by atoms with E-state index in [4.69, 9.17) is 9.40 Å².